The normalized spacial score (nSPS) is 10.3. The molecule has 0 aliphatic heterocycles. The van der Waals surface area contributed by atoms with Crippen LogP contribution in [0, 0.1) is 24.1 Å². The Morgan fingerprint density at radius 1 is 1.40 bits per heavy atom. The summed E-state index contributed by atoms with van der Waals surface area (Å²) in [6, 6.07) is 6.64. The average Bonchev–Trinajstić information content (AvgIpc) is 2.37. The van der Waals surface area contributed by atoms with E-state index in [1.54, 1.807) is 19.1 Å². The summed E-state index contributed by atoms with van der Waals surface area (Å²) < 4.78 is 13.8. The van der Waals surface area contributed by atoms with E-state index in [-0.39, 0.29) is 29.8 Å². The second-order valence-corrected chi connectivity index (χ2v) is 4.73. The molecule has 4 nitrogen and oxygen atoms in total. The standard InChI is InChI=1S/C14H12ClFN4/c1-8-11(13(15)20-14(18)19-8)7-10-6-9(4-5-17)2-3-12(10)16/h2-3,6H,4,7H2,1H3,(H2,18,19,20). The van der Waals surface area contributed by atoms with Gasteiger partial charge in [0.1, 0.15) is 11.0 Å². The van der Waals surface area contributed by atoms with Gasteiger partial charge in [0.25, 0.3) is 0 Å². The number of anilines is 1. The number of hydrogen-bond donors (Lipinski definition) is 1. The molecule has 0 bridgehead atoms. The summed E-state index contributed by atoms with van der Waals surface area (Å²) >= 11 is 6.03. The van der Waals surface area contributed by atoms with Gasteiger partial charge in [0.15, 0.2) is 0 Å². The molecule has 0 saturated heterocycles. The Kier molecular flexibility index (Phi) is 4.16. The van der Waals surface area contributed by atoms with Crippen molar-refractivity contribution < 1.29 is 4.39 Å². The highest BCUT2D eigenvalue weighted by atomic mass is 35.5. The summed E-state index contributed by atoms with van der Waals surface area (Å²) in [6.45, 7) is 1.75. The van der Waals surface area contributed by atoms with Gasteiger partial charge in [0, 0.05) is 17.7 Å². The Balaban J connectivity index is 2.40. The molecule has 0 aliphatic carbocycles. The average molecular weight is 291 g/mol. The van der Waals surface area contributed by atoms with E-state index in [4.69, 9.17) is 22.6 Å². The molecule has 1 heterocycles. The molecule has 1 aromatic carbocycles. The Morgan fingerprint density at radius 3 is 2.80 bits per heavy atom. The first-order valence-corrected chi connectivity index (χ1v) is 6.31. The van der Waals surface area contributed by atoms with Crippen LogP contribution in [0.2, 0.25) is 5.15 Å². The summed E-state index contributed by atoms with van der Waals surface area (Å²) in [5.41, 5.74) is 7.96. The van der Waals surface area contributed by atoms with E-state index in [9.17, 15) is 4.39 Å². The molecule has 0 aliphatic rings. The van der Waals surface area contributed by atoms with Crippen molar-refractivity contribution in [3.63, 3.8) is 0 Å². The quantitative estimate of drug-likeness (QED) is 0.882. The van der Waals surface area contributed by atoms with E-state index in [1.165, 1.54) is 6.07 Å². The van der Waals surface area contributed by atoms with Crippen LogP contribution in [0.4, 0.5) is 10.3 Å². The zero-order chi connectivity index (χ0) is 14.7. The van der Waals surface area contributed by atoms with Gasteiger partial charge in [-0.15, -0.1) is 0 Å². The first-order valence-electron chi connectivity index (χ1n) is 5.94. The SMILES string of the molecule is Cc1nc(N)nc(Cl)c1Cc1cc(CC#N)ccc1F. The van der Waals surface area contributed by atoms with Crippen molar-refractivity contribution >= 4 is 17.5 Å². The molecule has 2 aromatic rings. The molecule has 6 heteroatoms. The van der Waals surface area contributed by atoms with E-state index < -0.39 is 0 Å². The summed E-state index contributed by atoms with van der Waals surface area (Å²) in [6.07, 6.45) is 0.494. The van der Waals surface area contributed by atoms with Crippen molar-refractivity contribution in [2.24, 2.45) is 0 Å². The van der Waals surface area contributed by atoms with E-state index in [1.807, 2.05) is 6.07 Å². The van der Waals surface area contributed by atoms with E-state index in [0.717, 1.165) is 5.56 Å². The van der Waals surface area contributed by atoms with Gasteiger partial charge in [-0.2, -0.15) is 5.26 Å². The summed E-state index contributed by atoms with van der Waals surface area (Å²) in [7, 11) is 0. The number of benzene rings is 1. The maximum atomic E-state index is 13.8. The fraction of sp³-hybridized carbons (Fsp3) is 0.214. The van der Waals surface area contributed by atoms with Crippen LogP contribution in [-0.4, -0.2) is 9.97 Å². The molecule has 0 radical (unpaired) electrons. The highest BCUT2D eigenvalue weighted by molar-refractivity contribution is 6.30. The van der Waals surface area contributed by atoms with Gasteiger partial charge in [-0.25, -0.2) is 14.4 Å². The number of nitrogen functional groups attached to an aromatic ring is 1. The predicted molar refractivity (Wildman–Crippen MR) is 74.7 cm³/mol. The minimum atomic E-state index is -0.348. The lowest BCUT2D eigenvalue weighted by atomic mass is 10.0. The lowest BCUT2D eigenvalue weighted by Crippen LogP contribution is -2.04. The molecule has 0 fully saturated rings. The molecule has 0 saturated carbocycles. The van der Waals surface area contributed by atoms with Gasteiger partial charge >= 0.3 is 0 Å². The molecule has 0 atom stereocenters. The van der Waals surface area contributed by atoms with Crippen molar-refractivity contribution in [3.8, 4) is 6.07 Å². The molecular weight excluding hydrogens is 279 g/mol. The van der Waals surface area contributed by atoms with Crippen LogP contribution in [0.3, 0.4) is 0 Å². The van der Waals surface area contributed by atoms with Crippen LogP contribution in [-0.2, 0) is 12.8 Å². The van der Waals surface area contributed by atoms with Crippen LogP contribution >= 0.6 is 11.6 Å². The number of halogens is 2. The number of aryl methyl sites for hydroxylation is 1. The molecule has 20 heavy (non-hydrogen) atoms. The van der Waals surface area contributed by atoms with Crippen LogP contribution in [0.25, 0.3) is 0 Å². The highest BCUT2D eigenvalue weighted by Gasteiger charge is 2.12. The third kappa shape index (κ3) is 3.03. The molecule has 102 valence electrons. The lowest BCUT2D eigenvalue weighted by Gasteiger charge is -2.09. The molecule has 0 amide bonds. The zero-order valence-electron chi connectivity index (χ0n) is 10.8. The number of nitrogens with two attached hydrogens (primary N) is 1. The Hall–Kier alpha value is -2.19. The zero-order valence-corrected chi connectivity index (χ0v) is 11.6. The van der Waals surface area contributed by atoms with Crippen LogP contribution in [0.15, 0.2) is 18.2 Å². The minimum absolute atomic E-state index is 0.0925. The largest absolute Gasteiger partial charge is 0.368 e. The second kappa shape index (κ2) is 5.85. The van der Waals surface area contributed by atoms with E-state index in [0.29, 0.717) is 16.8 Å². The number of aromatic nitrogens is 2. The summed E-state index contributed by atoms with van der Waals surface area (Å²) in [4.78, 5) is 7.90. The Bertz CT molecular complexity index is 671. The molecular formula is C14H12ClFN4. The van der Waals surface area contributed by atoms with E-state index in [2.05, 4.69) is 9.97 Å². The van der Waals surface area contributed by atoms with E-state index >= 15 is 0 Å². The van der Waals surface area contributed by atoms with Crippen molar-refractivity contribution in [1.29, 1.82) is 5.26 Å². The topological polar surface area (TPSA) is 75.6 Å². The fourth-order valence-corrected chi connectivity index (χ4v) is 2.23. The summed E-state index contributed by atoms with van der Waals surface area (Å²) in [5.74, 6) is -0.256. The predicted octanol–water partition coefficient (Wildman–Crippen LogP) is 2.82. The Labute approximate surface area is 121 Å². The summed E-state index contributed by atoms with van der Waals surface area (Å²) in [5, 5.41) is 8.91. The minimum Gasteiger partial charge on any atom is -0.368 e. The second-order valence-electron chi connectivity index (χ2n) is 4.37. The smallest absolute Gasteiger partial charge is 0.221 e. The third-order valence-electron chi connectivity index (χ3n) is 2.94. The first kappa shape index (κ1) is 14.2. The molecule has 0 unspecified atom stereocenters. The first-order chi connectivity index (χ1) is 9.51. The van der Waals surface area contributed by atoms with Crippen molar-refractivity contribution in [1.82, 2.24) is 9.97 Å². The van der Waals surface area contributed by atoms with Crippen LogP contribution < -0.4 is 5.73 Å². The van der Waals surface area contributed by atoms with Crippen molar-refractivity contribution in [2.75, 3.05) is 5.73 Å². The van der Waals surface area contributed by atoms with Crippen LogP contribution in [0.1, 0.15) is 22.4 Å². The molecule has 2 N–H and O–H groups in total. The molecule has 0 spiro atoms. The maximum absolute atomic E-state index is 13.8. The number of nitriles is 1. The molecule has 2 rings (SSSR count). The Morgan fingerprint density at radius 2 is 2.15 bits per heavy atom. The van der Waals surface area contributed by atoms with Gasteiger partial charge in [-0.3, -0.25) is 0 Å². The van der Waals surface area contributed by atoms with Crippen molar-refractivity contribution in [2.45, 2.75) is 19.8 Å². The van der Waals surface area contributed by atoms with Crippen molar-refractivity contribution in [3.05, 3.63) is 51.6 Å². The van der Waals surface area contributed by atoms with Crippen LogP contribution in [0.5, 0.6) is 0 Å². The van der Waals surface area contributed by atoms with Gasteiger partial charge in [-0.1, -0.05) is 23.7 Å². The monoisotopic (exact) mass is 290 g/mol. The number of hydrogen-bond acceptors (Lipinski definition) is 4. The third-order valence-corrected chi connectivity index (χ3v) is 3.25. The van der Waals surface area contributed by atoms with Gasteiger partial charge in [0.2, 0.25) is 5.95 Å². The highest BCUT2D eigenvalue weighted by Crippen LogP contribution is 2.23. The lowest BCUT2D eigenvalue weighted by molar-refractivity contribution is 0.613. The van der Waals surface area contributed by atoms with Gasteiger partial charge < -0.3 is 5.73 Å². The fourth-order valence-electron chi connectivity index (χ4n) is 1.94. The van der Waals surface area contributed by atoms with Gasteiger partial charge in [0.05, 0.1) is 12.5 Å². The number of nitrogens with zero attached hydrogens (tertiary/aromatic N) is 3. The molecule has 1 aromatic heterocycles. The van der Waals surface area contributed by atoms with Gasteiger partial charge in [-0.05, 0) is 24.1 Å². The maximum Gasteiger partial charge on any atom is 0.221 e. The number of rotatable bonds is 3.